The summed E-state index contributed by atoms with van der Waals surface area (Å²) in [4.78, 5) is 5.59. The molecule has 0 amide bonds. The second kappa shape index (κ2) is 16.2. The van der Waals surface area contributed by atoms with Crippen LogP contribution in [0.15, 0.2) is 84.9 Å². The zero-order valence-corrected chi connectivity index (χ0v) is 28.9. The van der Waals surface area contributed by atoms with Gasteiger partial charge in [-0.05, 0) is 109 Å². The van der Waals surface area contributed by atoms with Crippen molar-refractivity contribution in [2.75, 3.05) is 39.8 Å². The number of piperidine rings is 1. The maximum absolute atomic E-state index is 5.40. The fourth-order valence-corrected chi connectivity index (χ4v) is 8.99. The van der Waals surface area contributed by atoms with Crippen LogP contribution in [0.1, 0.15) is 92.3 Å². The van der Waals surface area contributed by atoms with Crippen LogP contribution in [0, 0.1) is 17.8 Å². The van der Waals surface area contributed by atoms with E-state index in [9.17, 15) is 0 Å². The summed E-state index contributed by atoms with van der Waals surface area (Å²) in [6, 6.07) is 30.9. The molecule has 2 aliphatic heterocycles. The highest BCUT2D eigenvalue weighted by Gasteiger charge is 2.43. The third kappa shape index (κ3) is 8.18. The molecule has 0 radical (unpaired) electrons. The fourth-order valence-electron chi connectivity index (χ4n) is 8.99. The van der Waals surface area contributed by atoms with E-state index in [0.29, 0.717) is 24.3 Å². The molecule has 0 unspecified atom stereocenters. The van der Waals surface area contributed by atoms with E-state index < -0.39 is 0 Å². The Labute approximate surface area is 287 Å². The maximum Gasteiger partial charge on any atom is 0.169 e. The van der Waals surface area contributed by atoms with Gasteiger partial charge in [0, 0.05) is 25.6 Å². The van der Waals surface area contributed by atoms with Gasteiger partial charge in [0.1, 0.15) is 5.75 Å². The molecular weight excluding hydrogens is 592 g/mol. The highest BCUT2D eigenvalue weighted by atomic mass is 16.5. The van der Waals surface area contributed by atoms with Gasteiger partial charge in [-0.15, -0.1) is 5.10 Å². The minimum atomic E-state index is 0.241. The van der Waals surface area contributed by atoms with Gasteiger partial charge in [0.15, 0.2) is 5.82 Å². The number of tetrazole rings is 1. The van der Waals surface area contributed by atoms with E-state index >= 15 is 0 Å². The van der Waals surface area contributed by atoms with E-state index in [1.54, 1.807) is 7.11 Å². The minimum Gasteiger partial charge on any atom is -0.497 e. The first-order valence-electron chi connectivity index (χ1n) is 18.7. The second-order valence-corrected chi connectivity index (χ2v) is 14.7. The molecule has 1 aromatic heterocycles. The van der Waals surface area contributed by atoms with Crippen molar-refractivity contribution >= 4 is 0 Å². The van der Waals surface area contributed by atoms with E-state index in [-0.39, 0.29) is 6.04 Å². The van der Waals surface area contributed by atoms with Gasteiger partial charge in [0.25, 0.3) is 0 Å². The Balaban J connectivity index is 1.05. The molecule has 7 nitrogen and oxygen atoms in total. The molecule has 2 saturated heterocycles. The number of nitrogens with zero attached hydrogens (tertiary/aromatic N) is 6. The van der Waals surface area contributed by atoms with E-state index in [1.807, 2.05) is 12.1 Å². The molecule has 1 saturated carbocycles. The predicted molar refractivity (Wildman–Crippen MR) is 192 cm³/mol. The quantitative estimate of drug-likeness (QED) is 0.148. The molecule has 3 fully saturated rings. The van der Waals surface area contributed by atoms with Gasteiger partial charge in [-0.2, -0.15) is 0 Å². The molecule has 0 bridgehead atoms. The first-order valence-corrected chi connectivity index (χ1v) is 18.7. The number of rotatable bonds is 13. The monoisotopic (exact) mass is 646 g/mol. The lowest BCUT2D eigenvalue weighted by molar-refractivity contribution is 0.117. The van der Waals surface area contributed by atoms with Gasteiger partial charge >= 0.3 is 0 Å². The summed E-state index contributed by atoms with van der Waals surface area (Å²) < 4.78 is 7.48. The van der Waals surface area contributed by atoms with Gasteiger partial charge < -0.3 is 9.64 Å². The van der Waals surface area contributed by atoms with Crippen LogP contribution in [0.2, 0.25) is 0 Å². The molecule has 1 aliphatic carbocycles. The Morgan fingerprint density at radius 2 is 1.52 bits per heavy atom. The Bertz CT molecular complexity index is 1510. The van der Waals surface area contributed by atoms with Crippen molar-refractivity contribution in [2.45, 2.75) is 82.7 Å². The van der Waals surface area contributed by atoms with Crippen molar-refractivity contribution < 1.29 is 4.74 Å². The van der Waals surface area contributed by atoms with E-state index in [4.69, 9.17) is 9.84 Å². The van der Waals surface area contributed by atoms with Gasteiger partial charge in [0.05, 0.1) is 19.7 Å². The van der Waals surface area contributed by atoms with Crippen LogP contribution in [-0.2, 0) is 13.0 Å². The van der Waals surface area contributed by atoms with Gasteiger partial charge in [-0.25, -0.2) is 4.68 Å². The third-order valence-corrected chi connectivity index (χ3v) is 11.6. The van der Waals surface area contributed by atoms with Gasteiger partial charge in [0.2, 0.25) is 0 Å². The highest BCUT2D eigenvalue weighted by molar-refractivity contribution is 5.27. The molecule has 254 valence electrons. The smallest absolute Gasteiger partial charge is 0.169 e. The summed E-state index contributed by atoms with van der Waals surface area (Å²) in [5.74, 6) is 4.49. The lowest BCUT2D eigenvalue weighted by Crippen LogP contribution is -2.39. The standard InChI is InChI=1S/C41H54N6O/c1-48-38-22-20-34(21-23-38)28-47-41(42-43-44-47)40(36-18-9-4-10-19-36)46-30-37(39(31-46)35-16-7-3-8-17-35)29-45-26-24-33(25-27-45)15-11-14-32-12-5-2-6-13-32/h2-3,5-8,12-13,16-17,20-23,33,36-37,39-40H,4,9-11,14-15,18-19,24-31H2,1H3/t37-,39+,40+/m0/s1. The molecule has 3 atom stereocenters. The first kappa shape index (κ1) is 33.0. The number of methoxy groups -OCH3 is 1. The summed E-state index contributed by atoms with van der Waals surface area (Å²) in [7, 11) is 1.71. The average molecular weight is 647 g/mol. The van der Waals surface area contributed by atoms with Crippen LogP contribution >= 0.6 is 0 Å². The summed E-state index contributed by atoms with van der Waals surface area (Å²) in [6.07, 6.45) is 13.0. The summed E-state index contributed by atoms with van der Waals surface area (Å²) in [5.41, 5.74) is 4.16. The number of hydrogen-bond acceptors (Lipinski definition) is 6. The van der Waals surface area contributed by atoms with Crippen molar-refractivity contribution in [3.05, 3.63) is 107 Å². The topological polar surface area (TPSA) is 59.3 Å². The van der Waals surface area contributed by atoms with Crippen LogP contribution in [-0.4, -0.2) is 69.8 Å². The van der Waals surface area contributed by atoms with Crippen LogP contribution in [0.25, 0.3) is 0 Å². The molecule has 3 aromatic carbocycles. The number of ether oxygens (including phenoxy) is 1. The van der Waals surface area contributed by atoms with Crippen molar-refractivity contribution in [3.8, 4) is 5.75 Å². The van der Waals surface area contributed by atoms with Gasteiger partial charge in [-0.1, -0.05) is 98.5 Å². The number of likely N-dealkylation sites (tertiary alicyclic amines) is 2. The third-order valence-electron chi connectivity index (χ3n) is 11.6. The van der Waals surface area contributed by atoms with Gasteiger partial charge in [-0.3, -0.25) is 4.90 Å². The molecule has 3 aliphatic rings. The lowest BCUT2D eigenvalue weighted by atomic mass is 9.82. The Morgan fingerprint density at radius 3 is 2.25 bits per heavy atom. The largest absolute Gasteiger partial charge is 0.497 e. The van der Waals surface area contributed by atoms with Crippen molar-refractivity contribution in [2.24, 2.45) is 17.8 Å². The molecule has 0 spiro atoms. The van der Waals surface area contributed by atoms with Crippen molar-refractivity contribution in [1.82, 2.24) is 30.0 Å². The first-order chi connectivity index (χ1) is 23.7. The molecule has 4 aromatic rings. The average Bonchev–Trinajstić information content (AvgIpc) is 3.78. The van der Waals surface area contributed by atoms with Crippen LogP contribution < -0.4 is 4.74 Å². The molecule has 48 heavy (non-hydrogen) atoms. The zero-order chi connectivity index (χ0) is 32.5. The second-order valence-electron chi connectivity index (χ2n) is 14.7. The molecule has 7 rings (SSSR count). The normalized spacial score (nSPS) is 22.2. The maximum atomic E-state index is 5.40. The Morgan fingerprint density at radius 1 is 0.792 bits per heavy atom. The summed E-state index contributed by atoms with van der Waals surface area (Å²) >= 11 is 0. The zero-order valence-electron chi connectivity index (χ0n) is 28.9. The van der Waals surface area contributed by atoms with E-state index in [0.717, 1.165) is 30.6 Å². The number of aromatic nitrogens is 4. The van der Waals surface area contributed by atoms with Crippen molar-refractivity contribution in [1.29, 1.82) is 0 Å². The molecule has 3 heterocycles. The summed E-state index contributed by atoms with van der Waals surface area (Å²) in [5, 5.41) is 13.6. The molecule has 7 heteroatoms. The van der Waals surface area contributed by atoms with E-state index in [2.05, 4.69) is 97.7 Å². The number of aryl methyl sites for hydroxylation is 1. The predicted octanol–water partition coefficient (Wildman–Crippen LogP) is 7.80. The van der Waals surface area contributed by atoms with Crippen molar-refractivity contribution in [3.63, 3.8) is 0 Å². The number of hydrogen-bond donors (Lipinski definition) is 0. The Hall–Kier alpha value is -3.55. The lowest BCUT2D eigenvalue weighted by Gasteiger charge is -2.36. The molecule has 0 N–H and O–H groups in total. The summed E-state index contributed by atoms with van der Waals surface area (Å²) in [6.45, 7) is 6.50. The highest BCUT2D eigenvalue weighted by Crippen LogP contribution is 2.44. The van der Waals surface area contributed by atoms with Crippen LogP contribution in [0.3, 0.4) is 0 Å². The fraction of sp³-hybridized carbons (Fsp3) is 0.537. The Kier molecular flexibility index (Phi) is 11.2. The number of benzene rings is 3. The molecular formula is C41H54N6O. The van der Waals surface area contributed by atoms with E-state index in [1.165, 1.54) is 101 Å². The minimum absolute atomic E-state index is 0.241. The van der Waals surface area contributed by atoms with Crippen LogP contribution in [0.5, 0.6) is 5.75 Å². The SMILES string of the molecule is COc1ccc(Cn2nnnc2[C@@H](C2CCCCC2)N2C[C@H](CN3CCC(CCCc4ccccc4)CC3)[C@@H](c3ccccc3)C2)cc1. The van der Waals surface area contributed by atoms with Crippen LogP contribution in [0.4, 0.5) is 0 Å².